The summed E-state index contributed by atoms with van der Waals surface area (Å²) in [6.45, 7) is 5.45. The zero-order valence-corrected chi connectivity index (χ0v) is 8.68. The molecule has 0 spiro atoms. The number of hydrogen-bond donors (Lipinski definition) is 1. The molecule has 0 aromatic carbocycles. The molecule has 0 amide bonds. The minimum absolute atomic E-state index is 0.0164. The highest BCUT2D eigenvalue weighted by molar-refractivity contribution is 5.29. The van der Waals surface area contributed by atoms with Gasteiger partial charge in [-0.1, -0.05) is 0 Å². The van der Waals surface area contributed by atoms with Gasteiger partial charge in [-0.05, 0) is 26.8 Å². The highest BCUT2D eigenvalue weighted by Gasteiger charge is 2.33. The Morgan fingerprint density at radius 1 is 1.20 bits per heavy atom. The van der Waals surface area contributed by atoms with Gasteiger partial charge in [0.25, 0.3) is 0 Å². The van der Waals surface area contributed by atoms with Crippen molar-refractivity contribution >= 4 is 5.95 Å². The van der Waals surface area contributed by atoms with E-state index in [0.717, 1.165) is 12.3 Å². The highest BCUT2D eigenvalue weighted by atomic mass is 19.4. The maximum Gasteiger partial charge on any atom is 0.433 e. The van der Waals surface area contributed by atoms with Crippen LogP contribution in [0.5, 0.6) is 0 Å². The van der Waals surface area contributed by atoms with Crippen LogP contribution in [0.2, 0.25) is 0 Å². The molecule has 0 fully saturated rings. The smallest absolute Gasteiger partial charge is 0.350 e. The Morgan fingerprint density at radius 2 is 1.80 bits per heavy atom. The first kappa shape index (κ1) is 11.7. The lowest BCUT2D eigenvalue weighted by Gasteiger charge is -2.20. The standard InChI is InChI=1S/C9H12F3N3/c1-8(2,3)15-7-13-5-4-6(14-7)9(10,11)12/h4-5H,1-3H3,(H,13,14,15). The van der Waals surface area contributed by atoms with E-state index in [1.165, 1.54) is 0 Å². The molecule has 0 atom stereocenters. The van der Waals surface area contributed by atoms with Crippen molar-refractivity contribution in [2.24, 2.45) is 0 Å². The molecule has 3 nitrogen and oxygen atoms in total. The summed E-state index contributed by atoms with van der Waals surface area (Å²) < 4.78 is 36.8. The maximum absolute atomic E-state index is 12.3. The van der Waals surface area contributed by atoms with Crippen molar-refractivity contribution in [1.82, 2.24) is 9.97 Å². The quantitative estimate of drug-likeness (QED) is 0.789. The fraction of sp³-hybridized carbons (Fsp3) is 0.556. The first-order chi connectivity index (χ1) is 6.68. The van der Waals surface area contributed by atoms with E-state index in [2.05, 4.69) is 15.3 Å². The van der Waals surface area contributed by atoms with E-state index in [1.54, 1.807) is 0 Å². The Morgan fingerprint density at radius 3 is 2.27 bits per heavy atom. The van der Waals surface area contributed by atoms with Gasteiger partial charge in [0, 0.05) is 11.7 Å². The molecular weight excluding hydrogens is 207 g/mol. The Kier molecular flexibility index (Phi) is 2.88. The summed E-state index contributed by atoms with van der Waals surface area (Å²) in [6.07, 6.45) is -3.35. The number of anilines is 1. The maximum atomic E-state index is 12.3. The van der Waals surface area contributed by atoms with Gasteiger partial charge >= 0.3 is 6.18 Å². The van der Waals surface area contributed by atoms with E-state index in [1.807, 2.05) is 20.8 Å². The van der Waals surface area contributed by atoms with Gasteiger partial charge in [-0.3, -0.25) is 0 Å². The molecule has 1 rings (SSSR count). The molecule has 0 aliphatic heterocycles. The van der Waals surface area contributed by atoms with Gasteiger partial charge in [-0.25, -0.2) is 9.97 Å². The van der Waals surface area contributed by atoms with Gasteiger partial charge in [0.15, 0.2) is 0 Å². The number of rotatable bonds is 1. The SMILES string of the molecule is CC(C)(C)Nc1nccc(C(F)(F)F)n1. The second kappa shape index (κ2) is 3.67. The van der Waals surface area contributed by atoms with Crippen LogP contribution in [0, 0.1) is 0 Å². The summed E-state index contributed by atoms with van der Waals surface area (Å²) in [5.74, 6) is -0.0164. The molecular formula is C9H12F3N3. The molecule has 0 saturated heterocycles. The lowest BCUT2D eigenvalue weighted by Crippen LogP contribution is -2.27. The zero-order chi connectivity index (χ0) is 11.7. The fourth-order valence-electron chi connectivity index (χ4n) is 0.912. The molecule has 1 N–H and O–H groups in total. The molecule has 84 valence electrons. The molecule has 1 aromatic rings. The number of halogens is 3. The Labute approximate surface area is 85.7 Å². The monoisotopic (exact) mass is 219 g/mol. The van der Waals surface area contributed by atoms with Gasteiger partial charge in [0.05, 0.1) is 0 Å². The van der Waals surface area contributed by atoms with Gasteiger partial charge < -0.3 is 5.32 Å². The molecule has 15 heavy (non-hydrogen) atoms. The Bertz CT molecular complexity index is 341. The van der Waals surface area contributed by atoms with Crippen LogP contribution < -0.4 is 5.32 Å². The summed E-state index contributed by atoms with van der Waals surface area (Å²) in [5.41, 5.74) is -1.31. The minimum Gasteiger partial charge on any atom is -0.350 e. The van der Waals surface area contributed by atoms with Crippen molar-refractivity contribution in [1.29, 1.82) is 0 Å². The van der Waals surface area contributed by atoms with Crippen molar-refractivity contribution in [3.63, 3.8) is 0 Å². The van der Waals surface area contributed by atoms with Crippen LogP contribution >= 0.6 is 0 Å². The number of hydrogen-bond acceptors (Lipinski definition) is 3. The van der Waals surface area contributed by atoms with Crippen LogP contribution in [-0.4, -0.2) is 15.5 Å². The van der Waals surface area contributed by atoms with Crippen LogP contribution in [0.25, 0.3) is 0 Å². The second-order valence-electron chi connectivity index (χ2n) is 4.14. The summed E-state index contributed by atoms with van der Waals surface area (Å²) in [7, 11) is 0. The second-order valence-corrected chi connectivity index (χ2v) is 4.14. The molecule has 0 saturated carbocycles. The van der Waals surface area contributed by atoms with Crippen LogP contribution in [0.4, 0.5) is 19.1 Å². The molecule has 0 aliphatic carbocycles. The van der Waals surface area contributed by atoms with E-state index < -0.39 is 11.9 Å². The van der Waals surface area contributed by atoms with Gasteiger partial charge in [0.2, 0.25) is 5.95 Å². The number of nitrogens with zero attached hydrogens (tertiary/aromatic N) is 2. The third-order valence-corrected chi connectivity index (χ3v) is 1.43. The predicted octanol–water partition coefficient (Wildman–Crippen LogP) is 2.71. The molecule has 1 heterocycles. The van der Waals surface area contributed by atoms with E-state index in [9.17, 15) is 13.2 Å². The average molecular weight is 219 g/mol. The molecule has 0 aliphatic rings. The van der Waals surface area contributed by atoms with Crippen LogP contribution in [0.15, 0.2) is 12.3 Å². The highest BCUT2D eigenvalue weighted by Crippen LogP contribution is 2.27. The van der Waals surface area contributed by atoms with E-state index in [4.69, 9.17) is 0 Å². The molecule has 1 aromatic heterocycles. The van der Waals surface area contributed by atoms with Crippen molar-refractivity contribution < 1.29 is 13.2 Å². The first-order valence-corrected chi connectivity index (χ1v) is 4.37. The van der Waals surface area contributed by atoms with E-state index in [0.29, 0.717) is 0 Å². The van der Waals surface area contributed by atoms with Crippen LogP contribution in [-0.2, 0) is 6.18 Å². The lowest BCUT2D eigenvalue weighted by atomic mass is 10.1. The lowest BCUT2D eigenvalue weighted by molar-refractivity contribution is -0.141. The number of nitrogens with one attached hydrogen (secondary N) is 1. The van der Waals surface area contributed by atoms with Gasteiger partial charge in [-0.2, -0.15) is 13.2 Å². The fourth-order valence-corrected chi connectivity index (χ4v) is 0.912. The number of alkyl halides is 3. The van der Waals surface area contributed by atoms with E-state index in [-0.39, 0.29) is 11.5 Å². The predicted molar refractivity (Wildman–Crippen MR) is 50.4 cm³/mol. The summed E-state index contributed by atoms with van der Waals surface area (Å²) >= 11 is 0. The van der Waals surface area contributed by atoms with Crippen LogP contribution in [0.3, 0.4) is 0 Å². The van der Waals surface area contributed by atoms with Crippen molar-refractivity contribution in [2.75, 3.05) is 5.32 Å². The topological polar surface area (TPSA) is 37.8 Å². The summed E-state index contributed by atoms with van der Waals surface area (Å²) in [6, 6.07) is 0.841. The summed E-state index contributed by atoms with van der Waals surface area (Å²) in [4.78, 5) is 7.10. The van der Waals surface area contributed by atoms with E-state index >= 15 is 0 Å². The zero-order valence-electron chi connectivity index (χ0n) is 8.68. The van der Waals surface area contributed by atoms with Crippen molar-refractivity contribution in [3.8, 4) is 0 Å². The summed E-state index contributed by atoms with van der Waals surface area (Å²) in [5, 5.41) is 2.77. The third-order valence-electron chi connectivity index (χ3n) is 1.43. The Hall–Kier alpha value is -1.33. The van der Waals surface area contributed by atoms with Gasteiger partial charge in [0.1, 0.15) is 5.69 Å². The minimum atomic E-state index is -4.43. The molecule has 0 radical (unpaired) electrons. The molecule has 0 bridgehead atoms. The molecule has 0 unspecified atom stereocenters. The Balaban J connectivity index is 2.94. The number of aromatic nitrogens is 2. The van der Waals surface area contributed by atoms with Crippen LogP contribution in [0.1, 0.15) is 26.5 Å². The van der Waals surface area contributed by atoms with Crippen molar-refractivity contribution in [3.05, 3.63) is 18.0 Å². The third kappa shape index (κ3) is 3.73. The van der Waals surface area contributed by atoms with Gasteiger partial charge in [-0.15, -0.1) is 0 Å². The largest absolute Gasteiger partial charge is 0.433 e. The normalized spacial score (nSPS) is 12.7. The average Bonchev–Trinajstić information content (AvgIpc) is 1.99. The first-order valence-electron chi connectivity index (χ1n) is 4.37. The molecule has 6 heteroatoms. The van der Waals surface area contributed by atoms with Crippen molar-refractivity contribution in [2.45, 2.75) is 32.5 Å².